The van der Waals surface area contributed by atoms with E-state index in [0.29, 0.717) is 16.7 Å². The maximum absolute atomic E-state index is 11.9. The summed E-state index contributed by atoms with van der Waals surface area (Å²) in [4.78, 5) is 44.0. The second-order valence-corrected chi connectivity index (χ2v) is 11.4. The molecule has 6 N–H and O–H groups in total. The van der Waals surface area contributed by atoms with E-state index in [9.17, 15) is 33.7 Å². The number of phosphoric acid groups is 3. The normalized spacial score (nSPS) is 30.3. The third-order valence-corrected chi connectivity index (χ3v) is 8.34. The molecule has 1 saturated heterocycles. The topological polar surface area (TPSA) is 240 Å². The highest BCUT2D eigenvalue weighted by molar-refractivity contribution is 7.66. The number of ether oxygens (including phenoxy) is 1. The predicted octanol–water partition coefficient (Wildman–Crippen LogP) is 0.0923. The van der Waals surface area contributed by atoms with Crippen LogP contribution in [0.3, 0.4) is 0 Å². The summed E-state index contributed by atoms with van der Waals surface area (Å²) in [5.74, 6) is 0. The van der Waals surface area contributed by atoms with E-state index in [0.717, 1.165) is 0 Å². The summed E-state index contributed by atoms with van der Waals surface area (Å²) in [6.07, 6.45) is -1.50. The van der Waals surface area contributed by atoms with E-state index in [-0.39, 0.29) is 0 Å². The molecule has 0 aromatic carbocycles. The zero-order valence-electron chi connectivity index (χ0n) is 16.4. The molecule has 2 unspecified atom stereocenters. The van der Waals surface area contributed by atoms with Crippen LogP contribution >= 0.6 is 23.5 Å². The third kappa shape index (κ3) is 5.51. The molecule has 1 fully saturated rings. The number of hydrogen-bond donors (Lipinski definition) is 6. The van der Waals surface area contributed by atoms with Crippen molar-refractivity contribution in [3.05, 3.63) is 24.3 Å². The van der Waals surface area contributed by atoms with E-state index in [2.05, 4.69) is 23.1 Å². The van der Waals surface area contributed by atoms with Gasteiger partial charge in [0.15, 0.2) is 6.23 Å². The van der Waals surface area contributed by atoms with Gasteiger partial charge in [0, 0.05) is 11.6 Å². The molecule has 3 heterocycles. The lowest BCUT2D eigenvalue weighted by Crippen LogP contribution is -2.44. The summed E-state index contributed by atoms with van der Waals surface area (Å²) in [5, 5.41) is 21.9. The van der Waals surface area contributed by atoms with Crippen molar-refractivity contribution >= 4 is 34.5 Å². The largest absolute Gasteiger partial charge is 0.490 e. The van der Waals surface area contributed by atoms with Crippen LogP contribution in [0.5, 0.6) is 0 Å². The lowest BCUT2D eigenvalue weighted by Gasteiger charge is -2.27. The molecule has 19 heteroatoms. The number of aliphatic hydroxyl groups excluding tert-OH is 1. The monoisotopic (exact) mass is 519 g/mol. The average Bonchev–Trinajstić information content (AvgIpc) is 3.11. The highest BCUT2D eigenvalue weighted by Gasteiger charge is 2.54. The van der Waals surface area contributed by atoms with E-state index in [1.807, 2.05) is 0 Å². The Balaban J connectivity index is 1.74. The molecule has 2 aromatic heterocycles. The van der Waals surface area contributed by atoms with Gasteiger partial charge < -0.3 is 39.1 Å². The fourth-order valence-corrected chi connectivity index (χ4v) is 6.17. The quantitative estimate of drug-likeness (QED) is 0.253. The first kappa shape index (κ1) is 25.5. The first-order valence-corrected chi connectivity index (χ1v) is 13.2. The molecule has 0 spiro atoms. The number of rotatable bonds is 8. The zero-order valence-corrected chi connectivity index (χ0v) is 19.1. The average molecular weight is 519 g/mol. The van der Waals surface area contributed by atoms with Crippen LogP contribution in [0.4, 0.5) is 0 Å². The molecule has 2 aromatic rings. The van der Waals surface area contributed by atoms with Crippen LogP contribution in [0.2, 0.25) is 0 Å². The van der Waals surface area contributed by atoms with Gasteiger partial charge in [-0.05, 0) is 19.9 Å². The van der Waals surface area contributed by atoms with Gasteiger partial charge in [-0.2, -0.15) is 8.62 Å². The summed E-state index contributed by atoms with van der Waals surface area (Å²) in [6, 6.07) is 1.66. The summed E-state index contributed by atoms with van der Waals surface area (Å²) in [5.41, 5.74) is -0.908. The Morgan fingerprint density at radius 3 is 2.44 bits per heavy atom. The summed E-state index contributed by atoms with van der Waals surface area (Å²) < 4.78 is 52.6. The molecule has 6 atom stereocenters. The molecule has 0 aliphatic carbocycles. The number of phosphoric ester groups is 1. The standard InChI is InChI=1S/C13H20N3O13P3/c1-7-8-3-4-16(11(8)15-6-14-7)12-13(2,18)10(17)9(27-12)5-26-31(22,23)29-32(24,25)28-30(19,20)21/h3-4,6,9-10,12,17-18H,5H2,1-2H3,(H,22,23)(H,24,25)(H2,19,20,21)/t9-,10-,12-,13-/m1/s1. The van der Waals surface area contributed by atoms with Crippen LogP contribution in [0.1, 0.15) is 18.8 Å². The molecule has 0 saturated carbocycles. The minimum absolute atomic E-state index is 0.378. The molecule has 16 nitrogen and oxygen atoms in total. The minimum Gasteiger partial charge on any atom is -0.387 e. The lowest BCUT2D eigenvalue weighted by atomic mass is 9.96. The van der Waals surface area contributed by atoms with Crippen LogP contribution in [-0.4, -0.2) is 68.7 Å². The van der Waals surface area contributed by atoms with Crippen LogP contribution in [0.25, 0.3) is 11.0 Å². The number of aromatic nitrogens is 3. The Labute approximate surface area is 179 Å². The van der Waals surface area contributed by atoms with Crippen molar-refractivity contribution in [3.63, 3.8) is 0 Å². The van der Waals surface area contributed by atoms with Crippen molar-refractivity contribution in [2.75, 3.05) is 6.61 Å². The fourth-order valence-electron chi connectivity index (χ4n) is 3.14. The molecule has 3 rings (SSSR count). The maximum atomic E-state index is 11.9. The molecule has 0 amide bonds. The molecule has 32 heavy (non-hydrogen) atoms. The number of aliphatic hydroxyl groups is 2. The molecule has 1 aliphatic rings. The zero-order chi connectivity index (χ0) is 24.1. The Bertz CT molecular complexity index is 1150. The van der Waals surface area contributed by atoms with Crippen LogP contribution in [0, 0.1) is 6.92 Å². The van der Waals surface area contributed by atoms with Gasteiger partial charge in [-0.15, -0.1) is 0 Å². The van der Waals surface area contributed by atoms with Gasteiger partial charge in [0.25, 0.3) is 0 Å². The summed E-state index contributed by atoms with van der Waals surface area (Å²) in [6.45, 7) is 2.06. The van der Waals surface area contributed by atoms with E-state index in [1.165, 1.54) is 24.0 Å². The molecular formula is C13H20N3O13P3. The van der Waals surface area contributed by atoms with Gasteiger partial charge in [0.1, 0.15) is 29.8 Å². The maximum Gasteiger partial charge on any atom is 0.490 e. The van der Waals surface area contributed by atoms with Crippen molar-refractivity contribution in [1.82, 2.24) is 14.5 Å². The van der Waals surface area contributed by atoms with E-state index >= 15 is 0 Å². The number of aryl methyl sites for hydroxylation is 1. The lowest BCUT2D eigenvalue weighted by molar-refractivity contribution is -0.0947. The van der Waals surface area contributed by atoms with Gasteiger partial charge in [-0.3, -0.25) is 4.52 Å². The highest BCUT2D eigenvalue weighted by atomic mass is 31.3. The van der Waals surface area contributed by atoms with Crippen molar-refractivity contribution in [3.8, 4) is 0 Å². The van der Waals surface area contributed by atoms with Crippen molar-refractivity contribution in [1.29, 1.82) is 0 Å². The summed E-state index contributed by atoms with van der Waals surface area (Å²) in [7, 11) is -16.7. The number of fused-ring (bicyclic) bond motifs is 1. The highest BCUT2D eigenvalue weighted by Crippen LogP contribution is 2.66. The first-order valence-electron chi connectivity index (χ1n) is 8.65. The third-order valence-electron chi connectivity index (χ3n) is 4.53. The van der Waals surface area contributed by atoms with Crippen molar-refractivity contribution in [2.45, 2.75) is 37.9 Å². The van der Waals surface area contributed by atoms with E-state index < -0.39 is 54.1 Å². The Morgan fingerprint density at radius 1 is 1.16 bits per heavy atom. The predicted molar refractivity (Wildman–Crippen MR) is 103 cm³/mol. The molecule has 1 aliphatic heterocycles. The molecule has 0 radical (unpaired) electrons. The molecular weight excluding hydrogens is 499 g/mol. The van der Waals surface area contributed by atoms with E-state index in [1.54, 1.807) is 13.0 Å². The van der Waals surface area contributed by atoms with Crippen LogP contribution in [-0.2, 0) is 31.6 Å². The Hall–Kier alpha value is -1.09. The SMILES string of the molecule is Cc1ncnc2c1ccn2[C@@H]1O[C@H](COP(=O)(O)OP(=O)(O)OP(=O)(O)O)[C@@H](O)[C@@]1(C)O. The van der Waals surface area contributed by atoms with E-state index in [4.69, 9.17) is 14.5 Å². The minimum atomic E-state index is -5.69. The second kappa shape index (κ2) is 8.60. The molecule has 0 bridgehead atoms. The molecule has 180 valence electrons. The first-order chi connectivity index (χ1) is 14.5. The van der Waals surface area contributed by atoms with Gasteiger partial charge >= 0.3 is 23.5 Å². The van der Waals surface area contributed by atoms with Gasteiger partial charge in [-0.25, -0.2) is 23.7 Å². The Kier molecular flexibility index (Phi) is 6.86. The van der Waals surface area contributed by atoms with Gasteiger partial charge in [-0.1, -0.05) is 0 Å². The van der Waals surface area contributed by atoms with Crippen molar-refractivity contribution < 1.29 is 61.4 Å². The number of hydrogen-bond acceptors (Lipinski definition) is 11. The number of nitrogens with zero attached hydrogens (tertiary/aromatic N) is 3. The van der Waals surface area contributed by atoms with Crippen LogP contribution in [0.15, 0.2) is 18.6 Å². The Morgan fingerprint density at radius 2 is 1.81 bits per heavy atom. The van der Waals surface area contributed by atoms with Gasteiger partial charge in [0.05, 0.1) is 12.3 Å². The fraction of sp³-hybridized carbons (Fsp3) is 0.538. The smallest absolute Gasteiger partial charge is 0.387 e. The van der Waals surface area contributed by atoms with Crippen LogP contribution < -0.4 is 0 Å². The van der Waals surface area contributed by atoms with Gasteiger partial charge in [0.2, 0.25) is 0 Å². The second-order valence-electron chi connectivity index (χ2n) is 7.00. The van der Waals surface area contributed by atoms with Crippen molar-refractivity contribution in [2.24, 2.45) is 0 Å². The summed E-state index contributed by atoms with van der Waals surface area (Å²) >= 11 is 0.